The molecule has 0 saturated heterocycles. The first-order chi connectivity index (χ1) is 9.24. The molecule has 1 aromatic carbocycles. The van der Waals surface area contributed by atoms with Crippen LogP contribution in [0, 0.1) is 0 Å². The number of H-pyrrole nitrogens is 1. The van der Waals surface area contributed by atoms with E-state index in [-0.39, 0.29) is 5.92 Å². The number of nitrogens with zero attached hydrogens (tertiary/aromatic N) is 2. The molecule has 0 amide bonds. The second-order valence-corrected chi connectivity index (χ2v) is 5.27. The molecule has 2 heterocycles. The van der Waals surface area contributed by atoms with Gasteiger partial charge in [0.1, 0.15) is 10.8 Å². The maximum Gasteiger partial charge on any atom is 0.145 e. The van der Waals surface area contributed by atoms with Crippen molar-refractivity contribution in [3.05, 3.63) is 53.2 Å². The fraction of sp³-hybridized carbons (Fsp3) is 0.143. The lowest BCUT2D eigenvalue weighted by molar-refractivity contribution is 0.830. The van der Waals surface area contributed by atoms with Crippen LogP contribution in [0.1, 0.15) is 24.2 Å². The third kappa shape index (κ3) is 2.37. The third-order valence-corrected chi connectivity index (χ3v) is 3.98. The van der Waals surface area contributed by atoms with Crippen LogP contribution < -0.4 is 5.73 Å². The number of thiazole rings is 1. The van der Waals surface area contributed by atoms with Gasteiger partial charge in [0.15, 0.2) is 0 Å². The van der Waals surface area contributed by atoms with Gasteiger partial charge in [0, 0.05) is 28.6 Å². The molecular formula is C14H14N4S. The largest absolute Gasteiger partial charge is 0.382 e. The molecule has 0 aliphatic carbocycles. The van der Waals surface area contributed by atoms with Crippen molar-refractivity contribution in [1.82, 2.24) is 15.2 Å². The lowest BCUT2D eigenvalue weighted by atomic mass is 10.1. The van der Waals surface area contributed by atoms with Gasteiger partial charge in [-0.15, -0.1) is 11.3 Å². The molecule has 3 rings (SSSR count). The minimum absolute atomic E-state index is 0.165. The Balaban J connectivity index is 1.89. The fourth-order valence-corrected chi connectivity index (χ4v) is 2.85. The highest BCUT2D eigenvalue weighted by Gasteiger charge is 2.15. The van der Waals surface area contributed by atoms with E-state index in [4.69, 9.17) is 10.7 Å². The zero-order chi connectivity index (χ0) is 13.2. The quantitative estimate of drug-likeness (QED) is 0.767. The Hall–Kier alpha value is -2.14. The van der Waals surface area contributed by atoms with Crippen LogP contribution in [0.4, 0.5) is 5.82 Å². The topological polar surface area (TPSA) is 67.6 Å². The minimum atomic E-state index is 0.165. The molecule has 5 heteroatoms. The summed E-state index contributed by atoms with van der Waals surface area (Å²) in [4.78, 5) is 4.70. The Labute approximate surface area is 115 Å². The Morgan fingerprint density at radius 3 is 2.74 bits per heavy atom. The number of hydrogen-bond acceptors (Lipinski definition) is 4. The van der Waals surface area contributed by atoms with Crippen molar-refractivity contribution in [3.63, 3.8) is 0 Å². The third-order valence-electron chi connectivity index (χ3n) is 3.07. The van der Waals surface area contributed by atoms with E-state index < -0.39 is 0 Å². The number of anilines is 1. The number of aromatic amines is 1. The van der Waals surface area contributed by atoms with E-state index in [1.807, 2.05) is 24.3 Å². The number of nitrogens with two attached hydrogens (primary N) is 1. The molecule has 0 saturated carbocycles. The van der Waals surface area contributed by atoms with Gasteiger partial charge in [0.25, 0.3) is 0 Å². The molecule has 2 aromatic heterocycles. The van der Waals surface area contributed by atoms with Crippen molar-refractivity contribution in [2.45, 2.75) is 12.8 Å². The monoisotopic (exact) mass is 270 g/mol. The average Bonchev–Trinajstić information content (AvgIpc) is 3.08. The van der Waals surface area contributed by atoms with E-state index in [0.717, 1.165) is 22.0 Å². The molecule has 4 nitrogen and oxygen atoms in total. The van der Waals surface area contributed by atoms with Crippen molar-refractivity contribution in [2.75, 3.05) is 5.73 Å². The summed E-state index contributed by atoms with van der Waals surface area (Å²) >= 11 is 1.66. The van der Waals surface area contributed by atoms with Gasteiger partial charge >= 0.3 is 0 Å². The highest BCUT2D eigenvalue weighted by atomic mass is 32.1. The zero-order valence-corrected chi connectivity index (χ0v) is 11.3. The number of rotatable bonds is 3. The molecule has 19 heavy (non-hydrogen) atoms. The van der Waals surface area contributed by atoms with Gasteiger partial charge in [-0.1, -0.05) is 37.3 Å². The Bertz CT molecular complexity index is 672. The molecule has 0 aliphatic rings. The van der Waals surface area contributed by atoms with Gasteiger partial charge in [-0.3, -0.25) is 5.10 Å². The van der Waals surface area contributed by atoms with E-state index in [0.29, 0.717) is 5.82 Å². The molecule has 0 spiro atoms. The zero-order valence-electron chi connectivity index (χ0n) is 10.5. The number of benzene rings is 1. The molecule has 96 valence electrons. The molecule has 3 N–H and O–H groups in total. The highest BCUT2D eigenvalue weighted by molar-refractivity contribution is 7.13. The van der Waals surface area contributed by atoms with Gasteiger partial charge in [0.05, 0.1) is 5.69 Å². The summed E-state index contributed by atoms with van der Waals surface area (Å²) in [6.45, 7) is 2.09. The molecule has 1 unspecified atom stereocenters. The maximum atomic E-state index is 5.63. The second kappa shape index (κ2) is 4.85. The summed E-state index contributed by atoms with van der Waals surface area (Å²) in [7, 11) is 0. The van der Waals surface area contributed by atoms with Crippen LogP contribution >= 0.6 is 11.3 Å². The van der Waals surface area contributed by atoms with Crippen LogP contribution in [-0.4, -0.2) is 15.2 Å². The highest BCUT2D eigenvalue weighted by Crippen LogP contribution is 2.29. The Morgan fingerprint density at radius 2 is 2.05 bits per heavy atom. The standard InChI is InChI=1S/C14H14N4S/c1-9(11-7-13(15)18-17-11)12-8-19-14(16-12)10-5-3-2-4-6-10/h2-9H,1H3,(H3,15,17,18). The smallest absolute Gasteiger partial charge is 0.145 e. The van der Waals surface area contributed by atoms with E-state index in [2.05, 4.69) is 34.6 Å². The van der Waals surface area contributed by atoms with E-state index in [1.165, 1.54) is 0 Å². The summed E-state index contributed by atoms with van der Waals surface area (Å²) in [6.07, 6.45) is 0. The van der Waals surface area contributed by atoms with Crippen molar-refractivity contribution in [3.8, 4) is 10.6 Å². The number of nitrogen functional groups attached to an aromatic ring is 1. The first-order valence-corrected chi connectivity index (χ1v) is 6.93. The normalized spacial score (nSPS) is 12.5. The van der Waals surface area contributed by atoms with Gasteiger partial charge in [-0.05, 0) is 0 Å². The van der Waals surface area contributed by atoms with Crippen LogP contribution in [0.25, 0.3) is 10.6 Å². The average molecular weight is 270 g/mol. The number of aromatic nitrogens is 3. The van der Waals surface area contributed by atoms with Crippen molar-refractivity contribution in [1.29, 1.82) is 0 Å². The molecular weight excluding hydrogens is 256 g/mol. The van der Waals surface area contributed by atoms with Crippen molar-refractivity contribution >= 4 is 17.2 Å². The Kier molecular flexibility index (Phi) is 3.05. The van der Waals surface area contributed by atoms with E-state index in [1.54, 1.807) is 11.3 Å². The number of nitrogens with one attached hydrogen (secondary N) is 1. The van der Waals surface area contributed by atoms with Crippen LogP contribution in [0.3, 0.4) is 0 Å². The van der Waals surface area contributed by atoms with Crippen LogP contribution in [0.15, 0.2) is 41.8 Å². The minimum Gasteiger partial charge on any atom is -0.382 e. The predicted molar refractivity (Wildman–Crippen MR) is 78.1 cm³/mol. The summed E-state index contributed by atoms with van der Waals surface area (Å²) < 4.78 is 0. The number of hydrogen-bond donors (Lipinski definition) is 2. The van der Waals surface area contributed by atoms with Gasteiger partial charge in [0.2, 0.25) is 0 Å². The fourth-order valence-electron chi connectivity index (χ4n) is 1.93. The van der Waals surface area contributed by atoms with E-state index in [9.17, 15) is 0 Å². The van der Waals surface area contributed by atoms with Crippen LogP contribution in [0.2, 0.25) is 0 Å². The van der Waals surface area contributed by atoms with Gasteiger partial charge in [-0.25, -0.2) is 4.98 Å². The summed E-state index contributed by atoms with van der Waals surface area (Å²) in [5, 5.41) is 10.0. The summed E-state index contributed by atoms with van der Waals surface area (Å²) in [5.74, 6) is 0.680. The lowest BCUT2D eigenvalue weighted by Crippen LogP contribution is -1.96. The lowest BCUT2D eigenvalue weighted by Gasteiger charge is -2.04. The second-order valence-electron chi connectivity index (χ2n) is 4.41. The van der Waals surface area contributed by atoms with E-state index >= 15 is 0 Å². The molecule has 0 fully saturated rings. The molecule has 0 aliphatic heterocycles. The first-order valence-electron chi connectivity index (χ1n) is 6.05. The van der Waals surface area contributed by atoms with Crippen molar-refractivity contribution in [2.24, 2.45) is 0 Å². The van der Waals surface area contributed by atoms with Crippen LogP contribution in [0.5, 0.6) is 0 Å². The van der Waals surface area contributed by atoms with Gasteiger partial charge < -0.3 is 5.73 Å². The maximum absolute atomic E-state index is 5.63. The molecule has 0 radical (unpaired) electrons. The summed E-state index contributed by atoms with van der Waals surface area (Å²) in [5.41, 5.74) is 8.80. The van der Waals surface area contributed by atoms with Gasteiger partial charge in [-0.2, -0.15) is 5.10 Å². The van der Waals surface area contributed by atoms with Crippen LogP contribution in [-0.2, 0) is 0 Å². The predicted octanol–water partition coefficient (Wildman–Crippen LogP) is 3.27. The first kappa shape index (κ1) is 11.9. The molecule has 0 bridgehead atoms. The van der Waals surface area contributed by atoms with Crippen molar-refractivity contribution < 1.29 is 0 Å². The summed E-state index contributed by atoms with van der Waals surface area (Å²) in [6, 6.07) is 12.0. The SMILES string of the molecule is CC(c1csc(-c2ccccc2)n1)c1cc(N)n[nH]1. The molecule has 1 atom stereocenters. The Morgan fingerprint density at radius 1 is 1.26 bits per heavy atom. The molecule has 3 aromatic rings.